The first-order valence-corrected chi connectivity index (χ1v) is 7.16. The van der Waals surface area contributed by atoms with Gasteiger partial charge in [-0.3, -0.25) is 0 Å². The van der Waals surface area contributed by atoms with E-state index in [1.165, 1.54) is 19.2 Å². The maximum Gasteiger partial charge on any atom is 0.339 e. The molecule has 2 aromatic carbocycles. The predicted octanol–water partition coefficient (Wildman–Crippen LogP) is 4.44. The zero-order chi connectivity index (χ0) is 15.4. The maximum atomic E-state index is 13.0. The summed E-state index contributed by atoms with van der Waals surface area (Å²) >= 11 is 3.36. The molecule has 0 aliphatic carbocycles. The van der Waals surface area contributed by atoms with Crippen LogP contribution in [0.4, 0.5) is 4.39 Å². The summed E-state index contributed by atoms with van der Waals surface area (Å²) in [6.45, 7) is 2.31. The normalized spacial score (nSPS) is 10.3. The van der Waals surface area contributed by atoms with Gasteiger partial charge in [0, 0.05) is 10.0 Å². The Morgan fingerprint density at radius 3 is 2.48 bits per heavy atom. The number of benzene rings is 2. The van der Waals surface area contributed by atoms with Gasteiger partial charge in [0.25, 0.3) is 0 Å². The molecule has 0 fully saturated rings. The molecular weight excluding hydrogens is 339 g/mol. The second-order valence-corrected chi connectivity index (χ2v) is 5.11. The number of carbonyl (C=O) groups excluding carboxylic acids is 1. The van der Waals surface area contributed by atoms with Crippen molar-refractivity contribution in [2.45, 2.75) is 6.92 Å². The molecule has 3 nitrogen and oxygen atoms in total. The van der Waals surface area contributed by atoms with Crippen molar-refractivity contribution in [2.24, 2.45) is 0 Å². The summed E-state index contributed by atoms with van der Waals surface area (Å²) in [6, 6.07) is 9.48. The van der Waals surface area contributed by atoms with Crippen molar-refractivity contribution in [1.82, 2.24) is 0 Å². The van der Waals surface area contributed by atoms with Crippen LogP contribution >= 0.6 is 15.9 Å². The molecule has 0 saturated carbocycles. The number of rotatable bonds is 4. The summed E-state index contributed by atoms with van der Waals surface area (Å²) < 4.78 is 24.0. The van der Waals surface area contributed by atoms with E-state index in [-0.39, 0.29) is 5.82 Å². The van der Waals surface area contributed by atoms with Gasteiger partial charge in [0.1, 0.15) is 11.6 Å². The van der Waals surface area contributed by atoms with Gasteiger partial charge >= 0.3 is 5.97 Å². The van der Waals surface area contributed by atoms with Crippen LogP contribution < -0.4 is 4.74 Å². The lowest BCUT2D eigenvalue weighted by Crippen LogP contribution is -2.04. The molecule has 2 rings (SSSR count). The fourth-order valence-corrected chi connectivity index (χ4v) is 2.45. The molecule has 0 aliphatic rings. The van der Waals surface area contributed by atoms with Crippen LogP contribution in [-0.2, 0) is 4.74 Å². The second kappa shape index (κ2) is 6.72. The minimum Gasteiger partial charge on any atom is -0.493 e. The first-order chi connectivity index (χ1) is 10.1. The van der Waals surface area contributed by atoms with Crippen molar-refractivity contribution in [1.29, 1.82) is 0 Å². The lowest BCUT2D eigenvalue weighted by atomic mass is 10.0. The van der Waals surface area contributed by atoms with E-state index >= 15 is 0 Å². The van der Waals surface area contributed by atoms with Gasteiger partial charge in [-0.05, 0) is 52.7 Å². The average Bonchev–Trinajstić information content (AvgIpc) is 2.49. The van der Waals surface area contributed by atoms with E-state index in [2.05, 4.69) is 15.9 Å². The molecule has 0 aromatic heterocycles. The quantitative estimate of drug-likeness (QED) is 0.763. The van der Waals surface area contributed by atoms with E-state index in [9.17, 15) is 9.18 Å². The molecule has 0 N–H and O–H groups in total. The highest BCUT2D eigenvalue weighted by atomic mass is 79.9. The highest BCUT2D eigenvalue weighted by Gasteiger charge is 2.16. The van der Waals surface area contributed by atoms with Gasteiger partial charge in [0.2, 0.25) is 0 Å². The monoisotopic (exact) mass is 352 g/mol. The zero-order valence-corrected chi connectivity index (χ0v) is 13.2. The van der Waals surface area contributed by atoms with Gasteiger partial charge in [-0.1, -0.05) is 12.1 Å². The first kappa shape index (κ1) is 15.5. The highest BCUT2D eigenvalue weighted by molar-refractivity contribution is 9.10. The van der Waals surface area contributed by atoms with Gasteiger partial charge in [0.15, 0.2) is 0 Å². The molecular formula is C16H14BrFO3. The fourth-order valence-electron chi connectivity index (χ4n) is 1.95. The Morgan fingerprint density at radius 1 is 1.24 bits per heavy atom. The third-order valence-electron chi connectivity index (χ3n) is 2.93. The van der Waals surface area contributed by atoms with E-state index in [0.29, 0.717) is 22.4 Å². The first-order valence-electron chi connectivity index (χ1n) is 6.37. The molecule has 110 valence electrons. The number of esters is 1. The smallest absolute Gasteiger partial charge is 0.339 e. The van der Waals surface area contributed by atoms with E-state index in [4.69, 9.17) is 9.47 Å². The third kappa shape index (κ3) is 3.42. The molecule has 0 amide bonds. The van der Waals surface area contributed by atoms with Crippen molar-refractivity contribution >= 4 is 21.9 Å². The number of methoxy groups -OCH3 is 1. The van der Waals surface area contributed by atoms with Gasteiger partial charge in [0.05, 0.1) is 19.3 Å². The van der Waals surface area contributed by atoms with Gasteiger partial charge in [-0.2, -0.15) is 0 Å². The molecule has 2 aromatic rings. The average molecular weight is 353 g/mol. The Kier molecular flexibility index (Phi) is 4.96. The lowest BCUT2D eigenvalue weighted by molar-refractivity contribution is 0.0599. The van der Waals surface area contributed by atoms with Crippen molar-refractivity contribution in [3.8, 4) is 16.9 Å². The Labute approximate surface area is 130 Å². The predicted molar refractivity (Wildman–Crippen MR) is 82.0 cm³/mol. The van der Waals surface area contributed by atoms with E-state index < -0.39 is 5.97 Å². The van der Waals surface area contributed by atoms with Crippen LogP contribution in [0.5, 0.6) is 5.75 Å². The van der Waals surface area contributed by atoms with Crippen molar-refractivity contribution in [3.05, 3.63) is 52.3 Å². The third-order valence-corrected chi connectivity index (χ3v) is 3.59. The minimum absolute atomic E-state index is 0.304. The lowest BCUT2D eigenvalue weighted by Gasteiger charge is -2.13. The summed E-state index contributed by atoms with van der Waals surface area (Å²) in [4.78, 5) is 11.7. The summed E-state index contributed by atoms with van der Waals surface area (Å²) in [6.07, 6.45) is 0. The Morgan fingerprint density at radius 2 is 1.90 bits per heavy atom. The number of hydrogen-bond donors (Lipinski definition) is 0. The van der Waals surface area contributed by atoms with Gasteiger partial charge in [-0.15, -0.1) is 0 Å². The van der Waals surface area contributed by atoms with E-state index in [1.54, 1.807) is 24.3 Å². The van der Waals surface area contributed by atoms with Crippen LogP contribution in [0.1, 0.15) is 17.3 Å². The Bertz CT molecular complexity index is 653. The standard InChI is InChI=1S/C16H14BrFO3/c1-3-21-15-9-13(16(19)20-2)14(17)8-12(15)10-4-6-11(18)7-5-10/h4-9H,3H2,1-2H3. The molecule has 0 spiro atoms. The topological polar surface area (TPSA) is 35.5 Å². The van der Waals surface area contributed by atoms with Gasteiger partial charge < -0.3 is 9.47 Å². The number of hydrogen-bond acceptors (Lipinski definition) is 3. The second-order valence-electron chi connectivity index (χ2n) is 4.26. The van der Waals surface area contributed by atoms with Crippen molar-refractivity contribution in [3.63, 3.8) is 0 Å². The SMILES string of the molecule is CCOc1cc(C(=O)OC)c(Br)cc1-c1ccc(F)cc1. The largest absolute Gasteiger partial charge is 0.493 e. The Hall–Kier alpha value is -1.88. The Balaban J connectivity index is 2.57. The molecule has 0 heterocycles. The maximum absolute atomic E-state index is 13.0. The highest BCUT2D eigenvalue weighted by Crippen LogP contribution is 2.35. The minimum atomic E-state index is -0.450. The molecule has 0 bridgehead atoms. The molecule has 0 atom stereocenters. The molecule has 0 saturated heterocycles. The van der Waals surface area contributed by atoms with E-state index in [1.807, 2.05) is 6.92 Å². The molecule has 0 unspecified atom stereocenters. The van der Waals surface area contributed by atoms with Crippen LogP contribution in [0.25, 0.3) is 11.1 Å². The summed E-state index contributed by atoms with van der Waals surface area (Å²) in [5, 5.41) is 0. The number of ether oxygens (including phenoxy) is 2. The number of halogens is 2. The summed E-state index contributed by atoms with van der Waals surface area (Å²) in [5.74, 6) is -0.205. The fraction of sp³-hybridized carbons (Fsp3) is 0.188. The van der Waals surface area contributed by atoms with Crippen LogP contribution in [0.2, 0.25) is 0 Å². The van der Waals surface area contributed by atoms with Crippen molar-refractivity contribution < 1.29 is 18.7 Å². The molecule has 0 aliphatic heterocycles. The summed E-state index contributed by atoms with van der Waals surface area (Å²) in [5.41, 5.74) is 1.96. The van der Waals surface area contributed by atoms with Crippen LogP contribution in [-0.4, -0.2) is 19.7 Å². The molecule has 0 radical (unpaired) electrons. The summed E-state index contributed by atoms with van der Waals surface area (Å²) in [7, 11) is 1.32. The molecule has 21 heavy (non-hydrogen) atoms. The molecule has 5 heteroatoms. The number of carbonyl (C=O) groups is 1. The zero-order valence-electron chi connectivity index (χ0n) is 11.7. The van der Waals surface area contributed by atoms with Crippen LogP contribution in [0, 0.1) is 5.82 Å². The van der Waals surface area contributed by atoms with Gasteiger partial charge in [-0.25, -0.2) is 9.18 Å². The van der Waals surface area contributed by atoms with Crippen LogP contribution in [0.15, 0.2) is 40.9 Å². The van der Waals surface area contributed by atoms with E-state index in [0.717, 1.165) is 11.1 Å². The van der Waals surface area contributed by atoms with Crippen LogP contribution in [0.3, 0.4) is 0 Å². The van der Waals surface area contributed by atoms with Crippen molar-refractivity contribution in [2.75, 3.05) is 13.7 Å².